The second-order valence-corrected chi connectivity index (χ2v) is 22.8. The van der Waals surface area contributed by atoms with Gasteiger partial charge in [0.15, 0.2) is 0 Å². The fourth-order valence-electron chi connectivity index (χ4n) is 10.3. The number of carbonyl (C=O) groups excluding carboxylic acids is 2. The lowest BCUT2D eigenvalue weighted by Gasteiger charge is -2.20. The summed E-state index contributed by atoms with van der Waals surface area (Å²) in [5, 5.41) is 23.2. The van der Waals surface area contributed by atoms with Gasteiger partial charge < -0.3 is 20.3 Å². The molecule has 0 radical (unpaired) electrons. The Morgan fingerprint density at radius 1 is 0.365 bits per heavy atom. The van der Waals surface area contributed by atoms with Crippen LogP contribution < -0.4 is 5.32 Å². The van der Waals surface area contributed by atoms with Crippen LogP contribution in [0.25, 0.3) is 0 Å². The molecular weight excluding hydrogens is 911 g/mol. The lowest BCUT2D eigenvalue weighted by molar-refractivity contribution is -0.143. The van der Waals surface area contributed by atoms with E-state index in [9.17, 15) is 19.8 Å². The smallest absolute Gasteiger partial charge is 0.305 e. The van der Waals surface area contributed by atoms with E-state index in [0.717, 1.165) is 44.9 Å². The van der Waals surface area contributed by atoms with Crippen molar-refractivity contribution in [3.8, 4) is 0 Å². The number of hydrogen-bond donors (Lipinski definition) is 3. The highest BCUT2D eigenvalue weighted by molar-refractivity contribution is 5.76. The molecule has 3 N–H and O–H groups in total. The van der Waals surface area contributed by atoms with Crippen molar-refractivity contribution in [3.63, 3.8) is 0 Å². The van der Waals surface area contributed by atoms with Gasteiger partial charge in [-0.15, -0.1) is 0 Å². The summed E-state index contributed by atoms with van der Waals surface area (Å²) >= 11 is 0. The van der Waals surface area contributed by atoms with E-state index in [1.165, 1.54) is 289 Å². The molecular formula is C68H129NO5. The molecule has 0 aromatic rings. The van der Waals surface area contributed by atoms with Crippen molar-refractivity contribution in [1.29, 1.82) is 0 Å². The van der Waals surface area contributed by atoms with Gasteiger partial charge >= 0.3 is 5.97 Å². The van der Waals surface area contributed by atoms with Crippen LogP contribution >= 0.6 is 0 Å². The molecule has 74 heavy (non-hydrogen) atoms. The summed E-state index contributed by atoms with van der Waals surface area (Å²) in [7, 11) is 0. The van der Waals surface area contributed by atoms with Gasteiger partial charge in [-0.2, -0.15) is 0 Å². The molecule has 0 heterocycles. The minimum atomic E-state index is -0.847. The van der Waals surface area contributed by atoms with Crippen molar-refractivity contribution < 1.29 is 24.5 Å². The van der Waals surface area contributed by atoms with Gasteiger partial charge in [-0.1, -0.05) is 301 Å². The minimum Gasteiger partial charge on any atom is -0.466 e. The van der Waals surface area contributed by atoms with Gasteiger partial charge in [-0.05, 0) is 83.5 Å². The highest BCUT2D eigenvalue weighted by atomic mass is 16.5. The number of esters is 1. The van der Waals surface area contributed by atoms with Gasteiger partial charge in [-0.3, -0.25) is 9.59 Å². The highest BCUT2D eigenvalue weighted by Gasteiger charge is 2.18. The van der Waals surface area contributed by atoms with E-state index in [1.807, 2.05) is 6.08 Å². The molecule has 6 nitrogen and oxygen atoms in total. The Kier molecular flexibility index (Phi) is 62.0. The third-order valence-corrected chi connectivity index (χ3v) is 15.4. The summed E-state index contributed by atoms with van der Waals surface area (Å²) in [5.41, 5.74) is 0. The van der Waals surface area contributed by atoms with Gasteiger partial charge in [0.2, 0.25) is 5.91 Å². The molecule has 0 aromatic carbocycles. The molecule has 2 unspecified atom stereocenters. The number of aliphatic hydroxyl groups is 2. The fourth-order valence-corrected chi connectivity index (χ4v) is 10.3. The molecule has 1 amide bonds. The molecule has 0 fully saturated rings. The zero-order chi connectivity index (χ0) is 53.6. The van der Waals surface area contributed by atoms with Crippen LogP contribution in [-0.4, -0.2) is 47.4 Å². The number of ether oxygens (including phenoxy) is 1. The second-order valence-electron chi connectivity index (χ2n) is 22.8. The number of nitrogens with one attached hydrogen (secondary N) is 1. The molecule has 2 atom stereocenters. The number of rotatable bonds is 62. The van der Waals surface area contributed by atoms with Gasteiger partial charge in [0.05, 0.1) is 25.4 Å². The van der Waals surface area contributed by atoms with Crippen molar-refractivity contribution >= 4 is 11.9 Å². The summed E-state index contributed by atoms with van der Waals surface area (Å²) in [6.45, 7) is 4.92. The predicted molar refractivity (Wildman–Crippen MR) is 324 cm³/mol. The standard InChI is InChI=1S/C68H129NO5/c1-3-5-7-9-11-13-15-17-19-29-33-36-40-44-48-52-56-60-66(71)65(64-70)69-67(72)61-57-53-49-45-41-37-34-30-27-25-23-21-20-22-24-26-28-31-35-39-43-47-51-55-59-63-74-68(73)62-58-54-50-46-42-38-32-18-16-14-12-10-8-6-4-2/h18,21,23,32,56,60,65-66,70-71H,3-17,19-20,22,24-31,33-55,57-59,61-64H2,1-2H3,(H,69,72)/b23-21-,32-18-,60-56+. The number of hydrogen-bond acceptors (Lipinski definition) is 5. The zero-order valence-electron chi connectivity index (χ0n) is 49.8. The second kappa shape index (κ2) is 63.6. The van der Waals surface area contributed by atoms with E-state index >= 15 is 0 Å². The van der Waals surface area contributed by atoms with Crippen LogP contribution in [0.2, 0.25) is 0 Å². The van der Waals surface area contributed by atoms with E-state index in [-0.39, 0.29) is 18.5 Å². The first-order chi connectivity index (χ1) is 36.5. The summed E-state index contributed by atoms with van der Waals surface area (Å²) in [6.07, 6.45) is 80.6. The summed E-state index contributed by atoms with van der Waals surface area (Å²) in [5.74, 6) is -0.0637. The molecule has 6 heteroatoms. The number of unbranched alkanes of at least 4 members (excludes halogenated alkanes) is 47. The normalized spacial score (nSPS) is 12.8. The van der Waals surface area contributed by atoms with Crippen molar-refractivity contribution in [2.75, 3.05) is 13.2 Å². The Morgan fingerprint density at radius 2 is 0.635 bits per heavy atom. The molecule has 0 aliphatic carbocycles. The summed E-state index contributed by atoms with van der Waals surface area (Å²) in [6, 6.07) is -0.631. The van der Waals surface area contributed by atoms with E-state index < -0.39 is 12.1 Å². The fraction of sp³-hybridized carbons (Fsp3) is 0.882. The Morgan fingerprint density at radius 3 is 0.959 bits per heavy atom. The van der Waals surface area contributed by atoms with E-state index in [4.69, 9.17) is 4.74 Å². The Balaban J connectivity index is 3.42. The molecule has 0 rings (SSSR count). The van der Waals surface area contributed by atoms with E-state index in [1.54, 1.807) is 6.08 Å². The zero-order valence-corrected chi connectivity index (χ0v) is 49.8. The SMILES string of the molecule is CCCCCCCC/C=C\CCCCCCCC(=O)OCCCCCCCCCCCCCC/C=C\CCCCCCCCCCCC(=O)NC(CO)C(O)/C=C/CCCCCCCCCCCCCCCCC. The van der Waals surface area contributed by atoms with Crippen LogP contribution in [0.15, 0.2) is 36.5 Å². The first-order valence-corrected chi connectivity index (χ1v) is 33.3. The topological polar surface area (TPSA) is 95.9 Å². The molecule has 0 aliphatic heterocycles. The molecule has 0 aliphatic rings. The maximum Gasteiger partial charge on any atom is 0.305 e. The van der Waals surface area contributed by atoms with Crippen LogP contribution in [0.3, 0.4) is 0 Å². The van der Waals surface area contributed by atoms with Crippen molar-refractivity contribution in [2.24, 2.45) is 0 Å². The number of allylic oxidation sites excluding steroid dienone is 5. The Bertz CT molecular complexity index is 1200. The third-order valence-electron chi connectivity index (χ3n) is 15.4. The van der Waals surface area contributed by atoms with Gasteiger partial charge in [-0.25, -0.2) is 0 Å². The molecule has 0 spiro atoms. The van der Waals surface area contributed by atoms with Gasteiger partial charge in [0.1, 0.15) is 0 Å². The Hall–Kier alpha value is -1.92. The molecule has 0 saturated heterocycles. The Labute approximate surface area is 462 Å². The third kappa shape index (κ3) is 59.3. The summed E-state index contributed by atoms with van der Waals surface area (Å²) in [4.78, 5) is 24.6. The number of aliphatic hydroxyl groups excluding tert-OH is 2. The van der Waals surface area contributed by atoms with E-state index in [2.05, 4.69) is 43.5 Å². The predicted octanol–water partition coefficient (Wildman–Crippen LogP) is 21.1. The highest BCUT2D eigenvalue weighted by Crippen LogP contribution is 2.17. The molecule has 0 aromatic heterocycles. The first-order valence-electron chi connectivity index (χ1n) is 33.3. The average Bonchev–Trinajstić information content (AvgIpc) is 3.40. The summed E-state index contributed by atoms with van der Waals surface area (Å²) < 4.78 is 5.49. The number of carbonyl (C=O) groups is 2. The monoisotopic (exact) mass is 1040 g/mol. The maximum absolute atomic E-state index is 12.5. The first kappa shape index (κ1) is 72.1. The lowest BCUT2D eigenvalue weighted by Crippen LogP contribution is -2.45. The maximum atomic E-state index is 12.5. The van der Waals surface area contributed by atoms with Crippen LogP contribution in [0, 0.1) is 0 Å². The molecule has 0 saturated carbocycles. The number of amides is 1. The van der Waals surface area contributed by atoms with Crippen molar-refractivity contribution in [2.45, 2.75) is 373 Å². The van der Waals surface area contributed by atoms with Crippen LogP contribution in [0.5, 0.6) is 0 Å². The van der Waals surface area contributed by atoms with Crippen molar-refractivity contribution in [3.05, 3.63) is 36.5 Å². The largest absolute Gasteiger partial charge is 0.466 e. The van der Waals surface area contributed by atoms with Crippen molar-refractivity contribution in [1.82, 2.24) is 5.32 Å². The van der Waals surface area contributed by atoms with Crippen LogP contribution in [0.1, 0.15) is 361 Å². The quantitative estimate of drug-likeness (QED) is 0.0320. The van der Waals surface area contributed by atoms with Gasteiger partial charge in [0, 0.05) is 12.8 Å². The molecule has 0 bridgehead atoms. The average molecular weight is 1040 g/mol. The van der Waals surface area contributed by atoms with E-state index in [0.29, 0.717) is 19.4 Å². The minimum absolute atomic E-state index is 0.00531. The van der Waals surface area contributed by atoms with Gasteiger partial charge in [0.25, 0.3) is 0 Å². The van der Waals surface area contributed by atoms with Crippen LogP contribution in [-0.2, 0) is 14.3 Å². The lowest BCUT2D eigenvalue weighted by atomic mass is 10.0. The molecule has 436 valence electrons. The van der Waals surface area contributed by atoms with Crippen LogP contribution in [0.4, 0.5) is 0 Å².